The second-order valence-corrected chi connectivity index (χ2v) is 5.67. The fraction of sp³-hybridized carbons (Fsp3) is 0.304. The summed E-state index contributed by atoms with van der Waals surface area (Å²) in [5.41, 5.74) is 3.03. The lowest BCUT2D eigenvalue weighted by Gasteiger charge is -1.97. The van der Waals surface area contributed by atoms with Crippen molar-refractivity contribution in [2.45, 2.75) is 39.0 Å². The number of rotatable bonds is 5. The lowest BCUT2D eigenvalue weighted by Crippen LogP contribution is -1.82. The Kier molecular flexibility index (Phi) is 7.52. The molecule has 2 aromatic rings. The van der Waals surface area contributed by atoms with E-state index < -0.39 is 0 Å². The summed E-state index contributed by atoms with van der Waals surface area (Å²) in [4.78, 5) is 0. The summed E-state index contributed by atoms with van der Waals surface area (Å²) < 4.78 is 5.14. The number of ether oxygens (including phenoxy) is 1. The summed E-state index contributed by atoms with van der Waals surface area (Å²) in [5.74, 6) is 13.7. The van der Waals surface area contributed by atoms with Crippen molar-refractivity contribution >= 4 is 0 Å². The molecule has 24 heavy (non-hydrogen) atoms. The number of benzene rings is 2. The van der Waals surface area contributed by atoms with Crippen molar-refractivity contribution in [3.05, 3.63) is 65.2 Å². The van der Waals surface area contributed by atoms with Gasteiger partial charge in [-0.05, 0) is 55.0 Å². The Bertz CT molecular complexity index is 731. The Morgan fingerprint density at radius 1 is 0.708 bits per heavy atom. The zero-order valence-corrected chi connectivity index (χ0v) is 14.6. The van der Waals surface area contributed by atoms with Crippen molar-refractivity contribution in [1.82, 2.24) is 0 Å². The van der Waals surface area contributed by atoms with E-state index in [1.54, 1.807) is 7.11 Å². The highest BCUT2D eigenvalue weighted by Crippen LogP contribution is 2.10. The summed E-state index contributed by atoms with van der Waals surface area (Å²) in [6.45, 7) is 2.23. The highest BCUT2D eigenvalue weighted by molar-refractivity contribution is 5.46. The van der Waals surface area contributed by atoms with E-state index in [-0.39, 0.29) is 0 Å². The zero-order chi connectivity index (χ0) is 17.0. The van der Waals surface area contributed by atoms with Gasteiger partial charge < -0.3 is 4.74 Å². The molecular formula is C23H24O. The van der Waals surface area contributed by atoms with E-state index >= 15 is 0 Å². The molecule has 0 aliphatic heterocycles. The Morgan fingerprint density at radius 3 is 1.79 bits per heavy atom. The Labute approximate surface area is 146 Å². The molecule has 0 unspecified atom stereocenters. The smallest absolute Gasteiger partial charge is 0.118 e. The first kappa shape index (κ1) is 17.7. The molecular weight excluding hydrogens is 292 g/mol. The van der Waals surface area contributed by atoms with Gasteiger partial charge in [0.05, 0.1) is 7.11 Å². The third kappa shape index (κ3) is 6.23. The van der Waals surface area contributed by atoms with Crippen molar-refractivity contribution < 1.29 is 4.74 Å². The average Bonchev–Trinajstić information content (AvgIpc) is 2.64. The molecule has 0 N–H and O–H groups in total. The van der Waals surface area contributed by atoms with Crippen LogP contribution < -0.4 is 4.74 Å². The first-order valence-electron chi connectivity index (χ1n) is 8.57. The largest absolute Gasteiger partial charge is 0.497 e. The maximum atomic E-state index is 5.14. The third-order valence-corrected chi connectivity index (χ3v) is 3.71. The monoisotopic (exact) mass is 316 g/mol. The predicted molar refractivity (Wildman–Crippen MR) is 101 cm³/mol. The van der Waals surface area contributed by atoms with Gasteiger partial charge in [0.15, 0.2) is 0 Å². The molecule has 0 saturated heterocycles. The molecule has 0 saturated carbocycles. The van der Waals surface area contributed by atoms with Crippen LogP contribution in [0.2, 0.25) is 0 Å². The summed E-state index contributed by atoms with van der Waals surface area (Å²) in [7, 11) is 1.66. The standard InChI is InChI=1S/C23H24O/c1-3-4-5-6-7-8-9-20-10-12-21(13-11-20)14-15-22-16-18-23(24-2)19-17-22/h10-13,16-19H,3-7H2,1-2H3. The molecule has 0 bridgehead atoms. The molecule has 0 spiro atoms. The van der Waals surface area contributed by atoms with Gasteiger partial charge in [0.2, 0.25) is 0 Å². The molecule has 0 fully saturated rings. The number of hydrogen-bond acceptors (Lipinski definition) is 1. The van der Waals surface area contributed by atoms with Gasteiger partial charge in [0.1, 0.15) is 5.75 Å². The molecule has 122 valence electrons. The molecule has 1 nitrogen and oxygen atoms in total. The minimum atomic E-state index is 0.846. The van der Waals surface area contributed by atoms with Crippen LogP contribution in [-0.4, -0.2) is 7.11 Å². The predicted octanol–water partition coefficient (Wildman–Crippen LogP) is 5.42. The van der Waals surface area contributed by atoms with Crippen molar-refractivity contribution in [2.24, 2.45) is 0 Å². The summed E-state index contributed by atoms with van der Waals surface area (Å²) in [5, 5.41) is 0. The molecule has 2 rings (SSSR count). The van der Waals surface area contributed by atoms with Crippen molar-refractivity contribution in [3.8, 4) is 29.4 Å². The molecule has 0 radical (unpaired) electrons. The van der Waals surface area contributed by atoms with Crippen molar-refractivity contribution in [1.29, 1.82) is 0 Å². The van der Waals surface area contributed by atoms with Crippen molar-refractivity contribution in [3.63, 3.8) is 0 Å². The van der Waals surface area contributed by atoms with Crippen LogP contribution in [0.5, 0.6) is 5.75 Å². The van der Waals surface area contributed by atoms with Gasteiger partial charge >= 0.3 is 0 Å². The molecule has 0 atom stereocenters. The van der Waals surface area contributed by atoms with E-state index in [1.807, 2.05) is 48.5 Å². The lowest BCUT2D eigenvalue weighted by atomic mass is 10.1. The highest BCUT2D eigenvalue weighted by atomic mass is 16.5. The Hall–Kier alpha value is -2.64. The van der Waals surface area contributed by atoms with Gasteiger partial charge in [-0.3, -0.25) is 0 Å². The van der Waals surface area contributed by atoms with Gasteiger partial charge in [-0.2, -0.15) is 0 Å². The van der Waals surface area contributed by atoms with Crippen LogP contribution in [0, 0.1) is 23.7 Å². The first-order valence-corrected chi connectivity index (χ1v) is 8.57. The van der Waals surface area contributed by atoms with Crippen LogP contribution in [0.1, 0.15) is 55.7 Å². The molecule has 0 aliphatic carbocycles. The van der Waals surface area contributed by atoms with Gasteiger partial charge in [0, 0.05) is 23.1 Å². The fourth-order valence-corrected chi connectivity index (χ4v) is 2.26. The number of unbranched alkanes of at least 4 members (excludes halogenated alkanes) is 4. The normalized spacial score (nSPS) is 9.42. The summed E-state index contributed by atoms with van der Waals surface area (Å²) in [6.07, 6.45) is 6.05. The lowest BCUT2D eigenvalue weighted by molar-refractivity contribution is 0.415. The minimum absolute atomic E-state index is 0.846. The van der Waals surface area contributed by atoms with Crippen LogP contribution in [-0.2, 0) is 0 Å². The van der Waals surface area contributed by atoms with E-state index in [0.29, 0.717) is 0 Å². The SMILES string of the molecule is CCCCCCC#Cc1ccc(C#Cc2ccc(OC)cc2)cc1. The van der Waals surface area contributed by atoms with Gasteiger partial charge in [0.25, 0.3) is 0 Å². The average molecular weight is 316 g/mol. The van der Waals surface area contributed by atoms with E-state index in [1.165, 1.54) is 25.7 Å². The fourth-order valence-electron chi connectivity index (χ4n) is 2.26. The molecule has 1 heteroatoms. The van der Waals surface area contributed by atoms with Gasteiger partial charge in [-0.15, -0.1) is 0 Å². The first-order chi connectivity index (χ1) is 11.8. The third-order valence-electron chi connectivity index (χ3n) is 3.71. The quantitative estimate of drug-likeness (QED) is 0.529. The maximum Gasteiger partial charge on any atom is 0.118 e. The summed E-state index contributed by atoms with van der Waals surface area (Å²) in [6, 6.07) is 15.9. The van der Waals surface area contributed by atoms with E-state index in [4.69, 9.17) is 4.74 Å². The second-order valence-electron chi connectivity index (χ2n) is 5.67. The summed E-state index contributed by atoms with van der Waals surface area (Å²) >= 11 is 0. The molecule has 0 heterocycles. The van der Waals surface area contributed by atoms with Gasteiger partial charge in [-0.25, -0.2) is 0 Å². The molecule has 0 amide bonds. The molecule has 2 aromatic carbocycles. The second kappa shape index (κ2) is 10.2. The topological polar surface area (TPSA) is 9.23 Å². The van der Waals surface area contributed by atoms with Crippen LogP contribution >= 0.6 is 0 Å². The van der Waals surface area contributed by atoms with Crippen molar-refractivity contribution in [2.75, 3.05) is 7.11 Å². The minimum Gasteiger partial charge on any atom is -0.497 e. The zero-order valence-electron chi connectivity index (χ0n) is 14.6. The highest BCUT2D eigenvalue weighted by Gasteiger charge is 1.91. The molecule has 0 aliphatic rings. The molecule has 0 aromatic heterocycles. The Balaban J connectivity index is 1.90. The van der Waals surface area contributed by atoms with E-state index in [2.05, 4.69) is 30.6 Å². The number of methoxy groups -OCH3 is 1. The van der Waals surface area contributed by atoms with Crippen LogP contribution in [0.15, 0.2) is 48.5 Å². The van der Waals surface area contributed by atoms with E-state index in [0.717, 1.165) is 28.9 Å². The van der Waals surface area contributed by atoms with Crippen LogP contribution in [0.4, 0.5) is 0 Å². The van der Waals surface area contributed by atoms with Crippen LogP contribution in [0.25, 0.3) is 0 Å². The van der Waals surface area contributed by atoms with E-state index in [9.17, 15) is 0 Å². The van der Waals surface area contributed by atoms with Gasteiger partial charge in [-0.1, -0.05) is 49.9 Å². The Morgan fingerprint density at radius 2 is 1.25 bits per heavy atom. The van der Waals surface area contributed by atoms with Crippen LogP contribution in [0.3, 0.4) is 0 Å². The number of hydrogen-bond donors (Lipinski definition) is 0. The maximum absolute atomic E-state index is 5.14.